The molecule has 0 bridgehead atoms. The van der Waals surface area contributed by atoms with E-state index in [4.69, 9.17) is 15.3 Å². The van der Waals surface area contributed by atoms with E-state index >= 15 is 0 Å². The molecular formula is C13H13N3O5. The molecule has 2 aliphatic heterocycles. The van der Waals surface area contributed by atoms with Crippen molar-refractivity contribution < 1.29 is 24.3 Å². The first-order valence-corrected chi connectivity index (χ1v) is 6.30. The van der Waals surface area contributed by atoms with E-state index in [1.807, 2.05) is 0 Å². The van der Waals surface area contributed by atoms with Crippen LogP contribution in [0.15, 0.2) is 23.4 Å². The number of hydrogen-bond acceptors (Lipinski definition) is 6. The van der Waals surface area contributed by atoms with Crippen LogP contribution in [0.1, 0.15) is 12.0 Å². The van der Waals surface area contributed by atoms with Crippen LogP contribution in [0.4, 0.5) is 5.69 Å². The molecule has 2 aliphatic rings. The summed E-state index contributed by atoms with van der Waals surface area (Å²) in [6.07, 6.45) is 0.0619. The fraction of sp³-hybridized carbons (Fsp3) is 0.308. The smallest absolute Gasteiger partial charge is 0.352 e. The van der Waals surface area contributed by atoms with Gasteiger partial charge in [0.25, 0.3) is 11.5 Å². The van der Waals surface area contributed by atoms with Crippen molar-refractivity contribution in [1.82, 2.24) is 0 Å². The van der Waals surface area contributed by atoms with Gasteiger partial charge in [0.15, 0.2) is 6.61 Å². The molecule has 8 nitrogen and oxygen atoms in total. The summed E-state index contributed by atoms with van der Waals surface area (Å²) in [7, 11) is 0. The lowest BCUT2D eigenvalue weighted by Gasteiger charge is -2.19. The second kappa shape index (κ2) is 4.74. The zero-order valence-electron chi connectivity index (χ0n) is 11.0. The molecule has 0 saturated heterocycles. The Labute approximate surface area is 119 Å². The van der Waals surface area contributed by atoms with Crippen molar-refractivity contribution in [3.8, 4) is 5.75 Å². The zero-order chi connectivity index (χ0) is 15.0. The molecule has 0 saturated carbocycles. The Hall–Kier alpha value is -2.61. The van der Waals surface area contributed by atoms with Gasteiger partial charge in [-0.15, -0.1) is 0 Å². The summed E-state index contributed by atoms with van der Waals surface area (Å²) in [5.41, 5.74) is 5.59. The molecule has 1 aromatic carbocycles. The van der Waals surface area contributed by atoms with Crippen LogP contribution in [0.2, 0.25) is 0 Å². The minimum atomic E-state index is -1.52. The molecule has 0 radical (unpaired) electrons. The van der Waals surface area contributed by atoms with Gasteiger partial charge in [0.2, 0.25) is 0 Å². The van der Waals surface area contributed by atoms with E-state index in [1.54, 1.807) is 18.2 Å². The highest BCUT2D eigenvalue weighted by Crippen LogP contribution is 2.32. The number of aliphatic carboxylic acids is 1. The van der Waals surface area contributed by atoms with E-state index in [0.29, 0.717) is 22.7 Å². The van der Waals surface area contributed by atoms with Crippen molar-refractivity contribution in [3.63, 3.8) is 0 Å². The van der Waals surface area contributed by atoms with Crippen molar-refractivity contribution >= 4 is 23.3 Å². The van der Waals surface area contributed by atoms with Crippen LogP contribution in [0.3, 0.4) is 0 Å². The van der Waals surface area contributed by atoms with Crippen molar-refractivity contribution in [1.29, 1.82) is 0 Å². The Bertz CT molecular complexity index is 657. The molecule has 0 spiro atoms. The lowest BCUT2D eigenvalue weighted by atomic mass is 9.94. The Balaban J connectivity index is 1.88. The predicted molar refractivity (Wildman–Crippen MR) is 72.2 cm³/mol. The number of carboxylic acid groups (broad SMARTS) is 1. The van der Waals surface area contributed by atoms with Crippen LogP contribution in [0, 0.1) is 0 Å². The first-order chi connectivity index (χ1) is 10.0. The quantitative estimate of drug-likeness (QED) is 0.716. The van der Waals surface area contributed by atoms with E-state index in [1.165, 1.54) is 0 Å². The second-order valence-electron chi connectivity index (χ2n) is 4.86. The summed E-state index contributed by atoms with van der Waals surface area (Å²) in [5, 5.41) is 15.7. The number of carbonyl (C=O) groups is 2. The van der Waals surface area contributed by atoms with E-state index in [-0.39, 0.29) is 25.5 Å². The molecular weight excluding hydrogens is 278 g/mol. The van der Waals surface area contributed by atoms with E-state index in [0.717, 1.165) is 0 Å². The molecule has 1 aromatic rings. The number of hydrogen-bond donors (Lipinski definition) is 3. The fourth-order valence-corrected chi connectivity index (χ4v) is 2.21. The molecule has 0 fully saturated rings. The normalized spacial score (nSPS) is 23.5. The highest BCUT2D eigenvalue weighted by atomic mass is 16.7. The number of anilines is 1. The third-order valence-corrected chi connectivity index (χ3v) is 3.45. The van der Waals surface area contributed by atoms with Gasteiger partial charge in [0.1, 0.15) is 5.75 Å². The third kappa shape index (κ3) is 2.19. The van der Waals surface area contributed by atoms with Crippen LogP contribution < -0.4 is 15.8 Å². The molecule has 21 heavy (non-hydrogen) atoms. The number of rotatable bonds is 3. The number of carbonyl (C=O) groups excluding carboxylic acids is 1. The molecule has 1 atom stereocenters. The first kappa shape index (κ1) is 13.4. The molecule has 1 unspecified atom stereocenters. The third-order valence-electron chi connectivity index (χ3n) is 3.45. The van der Waals surface area contributed by atoms with Crippen LogP contribution >= 0.6 is 0 Å². The standard InChI is InChI=1S/C13H13N3O5/c14-6-13(12(18)19)4-9(16-21-13)7-1-2-10-8(3-7)15-11(17)5-20-10/h1-3H,4-6,14H2,(H,15,17)(H,18,19). The number of ether oxygens (including phenoxy) is 1. The Kier molecular flexibility index (Phi) is 3.02. The number of nitrogens with zero attached hydrogens (tertiary/aromatic N) is 1. The largest absolute Gasteiger partial charge is 0.482 e. The summed E-state index contributed by atoms with van der Waals surface area (Å²) in [6.45, 7) is -0.203. The number of nitrogens with two attached hydrogens (primary N) is 1. The molecule has 110 valence electrons. The molecule has 2 heterocycles. The van der Waals surface area contributed by atoms with Crippen LogP contribution in [0.5, 0.6) is 5.75 Å². The SMILES string of the molecule is NCC1(C(=O)O)CC(c2ccc3c(c2)NC(=O)CO3)=NO1. The van der Waals surface area contributed by atoms with Gasteiger partial charge in [-0.25, -0.2) is 4.79 Å². The van der Waals surface area contributed by atoms with Gasteiger partial charge in [-0.1, -0.05) is 5.16 Å². The summed E-state index contributed by atoms with van der Waals surface area (Å²) >= 11 is 0. The van der Waals surface area contributed by atoms with Gasteiger partial charge in [-0.3, -0.25) is 4.79 Å². The van der Waals surface area contributed by atoms with Gasteiger partial charge in [0.05, 0.1) is 11.4 Å². The Morgan fingerprint density at radius 3 is 3.00 bits per heavy atom. The number of amides is 1. The number of oxime groups is 1. The zero-order valence-corrected chi connectivity index (χ0v) is 11.0. The van der Waals surface area contributed by atoms with Crippen molar-refractivity contribution in [2.24, 2.45) is 10.9 Å². The number of benzene rings is 1. The lowest BCUT2D eigenvalue weighted by molar-refractivity contribution is -0.161. The van der Waals surface area contributed by atoms with Crippen LogP contribution in [0.25, 0.3) is 0 Å². The second-order valence-corrected chi connectivity index (χ2v) is 4.86. The minimum Gasteiger partial charge on any atom is -0.482 e. The van der Waals surface area contributed by atoms with Gasteiger partial charge in [-0.05, 0) is 18.2 Å². The minimum absolute atomic E-state index is 0.0221. The maximum Gasteiger partial charge on any atom is 0.352 e. The lowest BCUT2D eigenvalue weighted by Crippen LogP contribution is -2.45. The molecule has 4 N–H and O–H groups in total. The highest BCUT2D eigenvalue weighted by Gasteiger charge is 2.46. The predicted octanol–water partition coefficient (Wildman–Crippen LogP) is -0.0760. The van der Waals surface area contributed by atoms with Crippen LogP contribution in [-0.2, 0) is 14.4 Å². The maximum absolute atomic E-state index is 11.3. The van der Waals surface area contributed by atoms with Gasteiger partial charge < -0.3 is 25.7 Å². The van der Waals surface area contributed by atoms with Crippen molar-refractivity contribution in [3.05, 3.63) is 23.8 Å². The molecule has 3 rings (SSSR count). The highest BCUT2D eigenvalue weighted by molar-refractivity contribution is 6.06. The average molecular weight is 291 g/mol. The summed E-state index contributed by atoms with van der Waals surface area (Å²) in [5.74, 6) is -0.842. The fourth-order valence-electron chi connectivity index (χ4n) is 2.21. The Morgan fingerprint density at radius 1 is 1.52 bits per heavy atom. The first-order valence-electron chi connectivity index (χ1n) is 6.30. The van der Waals surface area contributed by atoms with Crippen molar-refractivity contribution in [2.45, 2.75) is 12.0 Å². The molecule has 0 aromatic heterocycles. The number of nitrogens with one attached hydrogen (secondary N) is 1. The van der Waals surface area contributed by atoms with E-state index in [9.17, 15) is 14.7 Å². The average Bonchev–Trinajstić information content (AvgIpc) is 2.92. The van der Waals surface area contributed by atoms with Crippen LogP contribution in [-0.4, -0.2) is 41.4 Å². The Morgan fingerprint density at radius 2 is 2.33 bits per heavy atom. The van der Waals surface area contributed by atoms with Crippen molar-refractivity contribution in [2.75, 3.05) is 18.5 Å². The maximum atomic E-state index is 11.3. The molecule has 1 amide bonds. The topological polar surface area (TPSA) is 123 Å². The van der Waals surface area contributed by atoms with Gasteiger partial charge in [-0.2, -0.15) is 0 Å². The number of fused-ring (bicyclic) bond motifs is 1. The molecule has 8 heteroatoms. The number of carboxylic acids is 1. The summed E-state index contributed by atoms with van der Waals surface area (Å²) in [6, 6.07) is 5.09. The summed E-state index contributed by atoms with van der Waals surface area (Å²) in [4.78, 5) is 27.6. The monoisotopic (exact) mass is 291 g/mol. The van der Waals surface area contributed by atoms with E-state index < -0.39 is 11.6 Å². The van der Waals surface area contributed by atoms with Gasteiger partial charge in [0, 0.05) is 18.5 Å². The summed E-state index contributed by atoms with van der Waals surface area (Å²) < 4.78 is 5.26. The van der Waals surface area contributed by atoms with Gasteiger partial charge >= 0.3 is 5.97 Å². The molecule has 0 aliphatic carbocycles. The van der Waals surface area contributed by atoms with E-state index in [2.05, 4.69) is 10.5 Å².